The molecule has 0 spiro atoms. The molecule has 1 aliphatic heterocycles. The molecule has 2 heterocycles. The Morgan fingerprint density at radius 2 is 2.16 bits per heavy atom. The summed E-state index contributed by atoms with van der Waals surface area (Å²) in [5.41, 5.74) is 3.27. The number of nitrogens with one attached hydrogen (secondary N) is 1. The minimum absolute atomic E-state index is 0.109. The van der Waals surface area contributed by atoms with Crippen LogP contribution in [0, 0.1) is 5.82 Å². The second kappa shape index (κ2) is 6.41. The molecule has 0 unspecified atom stereocenters. The van der Waals surface area contributed by atoms with E-state index in [1.54, 1.807) is 17.0 Å². The van der Waals surface area contributed by atoms with Crippen LogP contribution >= 0.6 is 11.6 Å². The number of amides is 1. The Morgan fingerprint density at radius 1 is 1.28 bits per heavy atom. The van der Waals surface area contributed by atoms with Crippen molar-refractivity contribution in [3.8, 4) is 5.75 Å². The van der Waals surface area contributed by atoms with Gasteiger partial charge in [-0.15, -0.1) is 0 Å². The van der Waals surface area contributed by atoms with Crippen molar-refractivity contribution in [2.24, 2.45) is 0 Å². The molecule has 0 aliphatic carbocycles. The van der Waals surface area contributed by atoms with E-state index >= 15 is 0 Å². The lowest BCUT2D eigenvalue weighted by Gasteiger charge is -2.27. The third-order valence-electron chi connectivity index (χ3n) is 4.45. The molecule has 0 fully saturated rings. The van der Waals surface area contributed by atoms with Gasteiger partial charge in [0.05, 0.1) is 0 Å². The number of hydrogen-bond donors (Lipinski definition) is 1. The predicted molar refractivity (Wildman–Crippen MR) is 94.3 cm³/mol. The van der Waals surface area contributed by atoms with Crippen LogP contribution in [0.1, 0.15) is 11.3 Å². The second-order valence-corrected chi connectivity index (χ2v) is 6.52. The van der Waals surface area contributed by atoms with Crippen molar-refractivity contribution < 1.29 is 13.9 Å². The highest BCUT2D eigenvalue weighted by Gasteiger charge is 2.24. The third kappa shape index (κ3) is 3.20. The van der Waals surface area contributed by atoms with Crippen LogP contribution in [0.25, 0.3) is 10.9 Å². The average molecular weight is 359 g/mol. The molecule has 1 aromatic heterocycles. The smallest absolute Gasteiger partial charge is 0.260 e. The van der Waals surface area contributed by atoms with E-state index in [0.29, 0.717) is 23.9 Å². The maximum atomic E-state index is 13.2. The van der Waals surface area contributed by atoms with Gasteiger partial charge >= 0.3 is 0 Å². The van der Waals surface area contributed by atoms with Crippen molar-refractivity contribution in [1.29, 1.82) is 0 Å². The minimum atomic E-state index is -0.386. The van der Waals surface area contributed by atoms with Crippen molar-refractivity contribution >= 4 is 28.4 Å². The molecule has 0 bridgehead atoms. The van der Waals surface area contributed by atoms with E-state index in [4.69, 9.17) is 16.3 Å². The van der Waals surface area contributed by atoms with Gasteiger partial charge in [0.1, 0.15) is 11.6 Å². The van der Waals surface area contributed by atoms with Crippen LogP contribution in [0.2, 0.25) is 5.02 Å². The standard InChI is InChI=1S/C19H16ClFN2O2/c20-12-4-5-17-15(8-12)16-10-23(7-6-18(16)22-17)19(24)11-25-14-3-1-2-13(21)9-14/h1-5,8-9,22H,6-7,10-11H2. The predicted octanol–water partition coefficient (Wildman–Crippen LogP) is 3.92. The number of ether oxygens (including phenoxy) is 1. The van der Waals surface area contributed by atoms with Gasteiger partial charge in [-0.25, -0.2) is 4.39 Å². The summed E-state index contributed by atoms with van der Waals surface area (Å²) in [6.07, 6.45) is 0.757. The van der Waals surface area contributed by atoms with Crippen LogP contribution in [0.15, 0.2) is 42.5 Å². The van der Waals surface area contributed by atoms with Crippen LogP contribution < -0.4 is 4.74 Å². The molecule has 128 valence electrons. The van der Waals surface area contributed by atoms with Gasteiger partial charge in [-0.1, -0.05) is 17.7 Å². The summed E-state index contributed by atoms with van der Waals surface area (Å²) >= 11 is 6.10. The maximum absolute atomic E-state index is 13.2. The van der Waals surface area contributed by atoms with Gasteiger partial charge in [0.15, 0.2) is 6.61 Å². The van der Waals surface area contributed by atoms with Crippen molar-refractivity contribution in [2.45, 2.75) is 13.0 Å². The highest BCUT2D eigenvalue weighted by Crippen LogP contribution is 2.29. The summed E-state index contributed by atoms with van der Waals surface area (Å²) in [6, 6.07) is 11.5. The summed E-state index contributed by atoms with van der Waals surface area (Å²) in [7, 11) is 0. The molecule has 4 rings (SSSR count). The van der Waals surface area contributed by atoms with E-state index in [9.17, 15) is 9.18 Å². The molecule has 2 aromatic carbocycles. The number of halogens is 2. The van der Waals surface area contributed by atoms with E-state index in [-0.39, 0.29) is 18.3 Å². The summed E-state index contributed by atoms with van der Waals surface area (Å²) in [4.78, 5) is 17.6. The van der Waals surface area contributed by atoms with Gasteiger partial charge < -0.3 is 14.6 Å². The molecule has 6 heteroatoms. The Morgan fingerprint density at radius 3 is 3.00 bits per heavy atom. The van der Waals surface area contributed by atoms with Gasteiger partial charge in [0, 0.05) is 52.8 Å². The van der Waals surface area contributed by atoms with Crippen LogP contribution in [0.4, 0.5) is 4.39 Å². The SMILES string of the molecule is O=C(COc1cccc(F)c1)N1CCc2[nH]c3ccc(Cl)cc3c2C1. The summed E-state index contributed by atoms with van der Waals surface area (Å²) < 4.78 is 18.6. The highest BCUT2D eigenvalue weighted by atomic mass is 35.5. The van der Waals surface area contributed by atoms with Gasteiger partial charge in [-0.3, -0.25) is 4.79 Å². The normalized spacial score (nSPS) is 13.8. The molecular weight excluding hydrogens is 343 g/mol. The Kier molecular flexibility index (Phi) is 4.09. The topological polar surface area (TPSA) is 45.3 Å². The molecule has 1 N–H and O–H groups in total. The van der Waals surface area contributed by atoms with Crippen LogP contribution in [0.3, 0.4) is 0 Å². The number of fused-ring (bicyclic) bond motifs is 3. The monoisotopic (exact) mass is 358 g/mol. The summed E-state index contributed by atoms with van der Waals surface area (Å²) in [5.74, 6) is -0.153. The molecule has 1 amide bonds. The summed E-state index contributed by atoms with van der Waals surface area (Å²) in [5, 5.41) is 1.72. The first kappa shape index (κ1) is 16.0. The second-order valence-electron chi connectivity index (χ2n) is 6.08. The zero-order valence-electron chi connectivity index (χ0n) is 13.4. The fraction of sp³-hybridized carbons (Fsp3) is 0.211. The lowest BCUT2D eigenvalue weighted by Crippen LogP contribution is -2.38. The maximum Gasteiger partial charge on any atom is 0.260 e. The van der Waals surface area contributed by atoms with E-state index in [0.717, 1.165) is 28.6 Å². The Hall–Kier alpha value is -2.53. The van der Waals surface area contributed by atoms with Crippen LogP contribution in [-0.2, 0) is 17.8 Å². The molecule has 0 atom stereocenters. The number of aromatic nitrogens is 1. The van der Waals surface area contributed by atoms with E-state index in [1.165, 1.54) is 12.1 Å². The van der Waals surface area contributed by atoms with Gasteiger partial charge in [-0.2, -0.15) is 0 Å². The van der Waals surface area contributed by atoms with Crippen molar-refractivity contribution in [2.75, 3.05) is 13.2 Å². The Balaban J connectivity index is 1.49. The number of rotatable bonds is 3. The van der Waals surface area contributed by atoms with E-state index in [2.05, 4.69) is 4.98 Å². The number of carbonyl (C=O) groups excluding carboxylic acids is 1. The number of nitrogens with zero attached hydrogens (tertiary/aromatic N) is 1. The largest absolute Gasteiger partial charge is 0.484 e. The van der Waals surface area contributed by atoms with Gasteiger partial charge in [0.2, 0.25) is 0 Å². The lowest BCUT2D eigenvalue weighted by atomic mass is 10.0. The highest BCUT2D eigenvalue weighted by molar-refractivity contribution is 6.31. The lowest BCUT2D eigenvalue weighted by molar-refractivity contribution is -0.134. The Bertz CT molecular complexity index is 954. The molecule has 0 saturated heterocycles. The third-order valence-corrected chi connectivity index (χ3v) is 4.68. The van der Waals surface area contributed by atoms with E-state index in [1.807, 2.05) is 18.2 Å². The minimum Gasteiger partial charge on any atom is -0.484 e. The summed E-state index contributed by atoms with van der Waals surface area (Å²) in [6.45, 7) is 1.03. The quantitative estimate of drug-likeness (QED) is 0.771. The number of H-pyrrole nitrogens is 1. The molecule has 0 saturated carbocycles. The van der Waals surface area contributed by atoms with Crippen LogP contribution in [0.5, 0.6) is 5.75 Å². The van der Waals surface area contributed by atoms with Gasteiger partial charge in [-0.05, 0) is 30.3 Å². The first-order valence-electron chi connectivity index (χ1n) is 8.05. The van der Waals surface area contributed by atoms with Crippen molar-refractivity contribution in [3.63, 3.8) is 0 Å². The number of carbonyl (C=O) groups is 1. The van der Waals surface area contributed by atoms with E-state index < -0.39 is 0 Å². The van der Waals surface area contributed by atoms with Gasteiger partial charge in [0.25, 0.3) is 5.91 Å². The fourth-order valence-electron chi connectivity index (χ4n) is 3.19. The van der Waals surface area contributed by atoms with Crippen LogP contribution in [-0.4, -0.2) is 28.9 Å². The molecule has 1 aliphatic rings. The fourth-order valence-corrected chi connectivity index (χ4v) is 3.36. The number of hydrogen-bond acceptors (Lipinski definition) is 2. The molecular formula is C19H16ClFN2O2. The molecule has 25 heavy (non-hydrogen) atoms. The molecule has 4 nitrogen and oxygen atoms in total. The number of benzene rings is 2. The Labute approximate surface area is 149 Å². The first-order valence-corrected chi connectivity index (χ1v) is 8.43. The van der Waals surface area contributed by atoms with Crippen molar-refractivity contribution in [3.05, 3.63) is 64.6 Å². The zero-order valence-corrected chi connectivity index (χ0v) is 14.1. The average Bonchev–Trinajstić information content (AvgIpc) is 2.97. The molecule has 3 aromatic rings. The van der Waals surface area contributed by atoms with Crippen molar-refractivity contribution in [1.82, 2.24) is 9.88 Å². The zero-order chi connectivity index (χ0) is 17.4. The molecule has 0 radical (unpaired) electrons. The first-order chi connectivity index (χ1) is 12.1. The number of aromatic amines is 1.